The van der Waals surface area contributed by atoms with E-state index in [0.717, 1.165) is 11.3 Å². The van der Waals surface area contributed by atoms with Crippen LogP contribution in [0.4, 0.5) is 10.5 Å². The van der Waals surface area contributed by atoms with Gasteiger partial charge in [0.05, 0.1) is 12.2 Å². The van der Waals surface area contributed by atoms with Gasteiger partial charge in [0.1, 0.15) is 0 Å². The number of pyridine rings is 1. The summed E-state index contributed by atoms with van der Waals surface area (Å²) in [6.07, 6.45) is 1.73. The van der Waals surface area contributed by atoms with Gasteiger partial charge < -0.3 is 10.2 Å². The lowest BCUT2D eigenvalue weighted by molar-refractivity contribution is 0.206. The Morgan fingerprint density at radius 3 is 2.79 bits per heavy atom. The molecule has 1 N–H and O–H groups in total. The third-order valence-corrected chi connectivity index (χ3v) is 4.36. The molecule has 122 valence electrons. The molecule has 0 bridgehead atoms. The molecule has 0 saturated heterocycles. The predicted molar refractivity (Wildman–Crippen MR) is 98.3 cm³/mol. The number of nitrogens with one attached hydrogen (secondary N) is 1. The van der Waals surface area contributed by atoms with Gasteiger partial charge in [0.25, 0.3) is 0 Å². The van der Waals surface area contributed by atoms with Crippen LogP contribution >= 0.6 is 22.9 Å². The van der Waals surface area contributed by atoms with Crippen LogP contribution in [0, 0.1) is 0 Å². The molecule has 2 aromatic heterocycles. The second-order valence-corrected chi connectivity index (χ2v) is 6.47. The van der Waals surface area contributed by atoms with E-state index < -0.39 is 0 Å². The van der Waals surface area contributed by atoms with Gasteiger partial charge in [-0.05, 0) is 52.7 Å². The summed E-state index contributed by atoms with van der Waals surface area (Å²) in [5, 5.41) is 7.52. The summed E-state index contributed by atoms with van der Waals surface area (Å²) < 4.78 is 0. The quantitative estimate of drug-likeness (QED) is 0.696. The van der Waals surface area contributed by atoms with Crippen LogP contribution in [0.2, 0.25) is 5.02 Å². The zero-order chi connectivity index (χ0) is 16.8. The number of halogens is 1. The monoisotopic (exact) mass is 357 g/mol. The highest BCUT2D eigenvalue weighted by atomic mass is 35.5. The maximum absolute atomic E-state index is 12.7. The van der Waals surface area contributed by atoms with E-state index in [1.54, 1.807) is 40.6 Å². The summed E-state index contributed by atoms with van der Waals surface area (Å²) in [7, 11) is 0. The molecule has 0 saturated carbocycles. The van der Waals surface area contributed by atoms with Crippen molar-refractivity contribution >= 4 is 34.7 Å². The fourth-order valence-corrected chi connectivity index (χ4v) is 3.11. The third kappa shape index (κ3) is 4.57. The number of carbonyl (C=O) groups is 1. The average molecular weight is 358 g/mol. The standard InChI is InChI=1S/C18H16ClN3OS/c19-15-4-3-6-16(10-15)21-18(23)22(11-14-7-9-24-13-14)12-17-5-1-2-8-20-17/h1-10,13H,11-12H2,(H,21,23). The van der Waals surface area contributed by atoms with Crippen molar-refractivity contribution in [2.24, 2.45) is 0 Å². The van der Waals surface area contributed by atoms with Gasteiger partial charge in [-0.1, -0.05) is 23.7 Å². The van der Waals surface area contributed by atoms with E-state index in [1.165, 1.54) is 0 Å². The first-order valence-corrected chi connectivity index (χ1v) is 8.75. The van der Waals surface area contributed by atoms with Crippen molar-refractivity contribution in [3.05, 3.63) is 81.8 Å². The van der Waals surface area contributed by atoms with E-state index in [1.807, 2.05) is 41.1 Å². The van der Waals surface area contributed by atoms with E-state index in [-0.39, 0.29) is 6.03 Å². The molecule has 0 radical (unpaired) electrons. The van der Waals surface area contributed by atoms with Crippen LogP contribution in [0.1, 0.15) is 11.3 Å². The Morgan fingerprint density at radius 2 is 2.08 bits per heavy atom. The van der Waals surface area contributed by atoms with Gasteiger partial charge in [-0.25, -0.2) is 4.79 Å². The summed E-state index contributed by atoms with van der Waals surface area (Å²) in [6, 6.07) is 14.6. The molecule has 1 aromatic carbocycles. The SMILES string of the molecule is O=C(Nc1cccc(Cl)c1)N(Cc1ccsc1)Cc1ccccn1. The van der Waals surface area contributed by atoms with Crippen LogP contribution in [0.5, 0.6) is 0 Å². The minimum Gasteiger partial charge on any atom is -0.314 e. The minimum atomic E-state index is -0.186. The maximum atomic E-state index is 12.7. The van der Waals surface area contributed by atoms with Gasteiger partial charge in [-0.15, -0.1) is 0 Å². The van der Waals surface area contributed by atoms with Crippen molar-refractivity contribution in [1.82, 2.24) is 9.88 Å². The van der Waals surface area contributed by atoms with Crippen LogP contribution in [0.25, 0.3) is 0 Å². The number of urea groups is 1. The number of carbonyl (C=O) groups excluding carboxylic acids is 1. The summed E-state index contributed by atoms with van der Waals surface area (Å²) in [4.78, 5) is 18.7. The van der Waals surface area contributed by atoms with Crippen molar-refractivity contribution < 1.29 is 4.79 Å². The molecule has 0 spiro atoms. The van der Waals surface area contributed by atoms with E-state index in [0.29, 0.717) is 23.8 Å². The molecule has 2 amide bonds. The number of benzene rings is 1. The highest BCUT2D eigenvalue weighted by Gasteiger charge is 2.16. The number of hydrogen-bond acceptors (Lipinski definition) is 3. The highest BCUT2D eigenvalue weighted by Crippen LogP contribution is 2.17. The Balaban J connectivity index is 1.76. The van der Waals surface area contributed by atoms with Crippen LogP contribution in [0.3, 0.4) is 0 Å². The van der Waals surface area contributed by atoms with Crippen molar-refractivity contribution in [3.63, 3.8) is 0 Å². The summed E-state index contributed by atoms with van der Waals surface area (Å²) in [5.74, 6) is 0. The van der Waals surface area contributed by atoms with Crippen molar-refractivity contribution in [2.45, 2.75) is 13.1 Å². The molecule has 0 aliphatic rings. The predicted octanol–water partition coefficient (Wildman–Crippen LogP) is 5.03. The lowest BCUT2D eigenvalue weighted by Crippen LogP contribution is -2.34. The lowest BCUT2D eigenvalue weighted by Gasteiger charge is -2.22. The number of amides is 2. The first-order chi connectivity index (χ1) is 11.7. The van der Waals surface area contributed by atoms with Crippen LogP contribution in [-0.2, 0) is 13.1 Å². The topological polar surface area (TPSA) is 45.2 Å². The number of aromatic nitrogens is 1. The minimum absolute atomic E-state index is 0.186. The maximum Gasteiger partial charge on any atom is 0.322 e. The first-order valence-electron chi connectivity index (χ1n) is 7.43. The molecule has 24 heavy (non-hydrogen) atoms. The molecule has 0 aliphatic carbocycles. The fourth-order valence-electron chi connectivity index (χ4n) is 2.26. The molecule has 0 unspecified atom stereocenters. The molecule has 4 nitrogen and oxygen atoms in total. The van der Waals surface area contributed by atoms with Gasteiger partial charge >= 0.3 is 6.03 Å². The highest BCUT2D eigenvalue weighted by molar-refractivity contribution is 7.07. The molecule has 3 aromatic rings. The smallest absolute Gasteiger partial charge is 0.314 e. The van der Waals surface area contributed by atoms with Crippen LogP contribution in [0.15, 0.2) is 65.5 Å². The number of thiophene rings is 1. The Bertz CT molecular complexity index is 793. The molecule has 3 rings (SSSR count). The number of rotatable bonds is 5. The van der Waals surface area contributed by atoms with Crippen molar-refractivity contribution in [2.75, 3.05) is 5.32 Å². The Kier molecular flexibility index (Phi) is 5.46. The first kappa shape index (κ1) is 16.5. The number of nitrogens with zero attached hydrogens (tertiary/aromatic N) is 2. The van der Waals surface area contributed by atoms with Gasteiger partial charge in [0, 0.05) is 23.5 Å². The normalized spacial score (nSPS) is 10.4. The van der Waals surface area contributed by atoms with Crippen LogP contribution < -0.4 is 5.32 Å². The lowest BCUT2D eigenvalue weighted by atomic mass is 10.2. The largest absolute Gasteiger partial charge is 0.322 e. The molecule has 0 fully saturated rings. The molecule has 6 heteroatoms. The van der Waals surface area contributed by atoms with E-state index in [2.05, 4.69) is 10.3 Å². The zero-order valence-corrected chi connectivity index (χ0v) is 14.4. The average Bonchev–Trinajstić information content (AvgIpc) is 3.08. The van der Waals surface area contributed by atoms with E-state index in [4.69, 9.17) is 11.6 Å². The summed E-state index contributed by atoms with van der Waals surface area (Å²) in [5.41, 5.74) is 2.61. The van der Waals surface area contributed by atoms with Crippen LogP contribution in [-0.4, -0.2) is 15.9 Å². The zero-order valence-electron chi connectivity index (χ0n) is 12.9. The molecule has 0 aliphatic heterocycles. The summed E-state index contributed by atoms with van der Waals surface area (Å²) in [6.45, 7) is 0.954. The fraction of sp³-hybridized carbons (Fsp3) is 0.111. The molecular weight excluding hydrogens is 342 g/mol. The Hall–Kier alpha value is -2.37. The molecular formula is C18H16ClN3OS. The second-order valence-electron chi connectivity index (χ2n) is 5.25. The second kappa shape index (κ2) is 7.95. The van der Waals surface area contributed by atoms with Gasteiger partial charge in [0.15, 0.2) is 0 Å². The number of anilines is 1. The van der Waals surface area contributed by atoms with Crippen molar-refractivity contribution in [1.29, 1.82) is 0 Å². The third-order valence-electron chi connectivity index (χ3n) is 3.40. The van der Waals surface area contributed by atoms with E-state index in [9.17, 15) is 4.79 Å². The van der Waals surface area contributed by atoms with Gasteiger partial charge in [-0.3, -0.25) is 4.98 Å². The molecule has 0 atom stereocenters. The van der Waals surface area contributed by atoms with Crippen molar-refractivity contribution in [3.8, 4) is 0 Å². The Labute approximate surface area is 149 Å². The molecule has 2 heterocycles. The Morgan fingerprint density at radius 1 is 1.17 bits per heavy atom. The summed E-state index contributed by atoms with van der Waals surface area (Å²) >= 11 is 7.59. The van der Waals surface area contributed by atoms with E-state index >= 15 is 0 Å². The van der Waals surface area contributed by atoms with Gasteiger partial charge in [-0.2, -0.15) is 11.3 Å². The van der Waals surface area contributed by atoms with Gasteiger partial charge in [0.2, 0.25) is 0 Å². The number of hydrogen-bond donors (Lipinski definition) is 1.